The quantitative estimate of drug-likeness (QED) is 0.768. The van der Waals surface area contributed by atoms with E-state index in [0.717, 1.165) is 19.4 Å². The van der Waals surface area contributed by atoms with Crippen molar-refractivity contribution >= 4 is 17.6 Å². The molecular formula is C15H24N4O3. The molecule has 0 spiro atoms. The standard InChI is InChI=1S/C15H24N4O3/c1-4-6-9-19(3)14(20)11-22-13-8-7-12(10-17-13)18-15(21)16-5-2/h7-8,10H,4-6,9,11H2,1-3H3,(H2,16,18,21). The van der Waals surface area contributed by atoms with Gasteiger partial charge in [-0.15, -0.1) is 0 Å². The number of unbranched alkanes of at least 4 members (excludes halogenated alkanes) is 1. The van der Waals surface area contributed by atoms with Crippen molar-refractivity contribution in [2.75, 3.05) is 32.1 Å². The summed E-state index contributed by atoms with van der Waals surface area (Å²) < 4.78 is 5.35. The zero-order valence-electron chi connectivity index (χ0n) is 13.4. The number of pyridine rings is 1. The predicted molar refractivity (Wildman–Crippen MR) is 85.0 cm³/mol. The molecule has 7 nitrogen and oxygen atoms in total. The molecule has 2 N–H and O–H groups in total. The van der Waals surface area contributed by atoms with E-state index in [1.54, 1.807) is 24.1 Å². The van der Waals surface area contributed by atoms with Crippen molar-refractivity contribution in [2.45, 2.75) is 26.7 Å². The first-order chi connectivity index (χ1) is 10.6. The molecule has 7 heteroatoms. The molecule has 0 aromatic carbocycles. The van der Waals surface area contributed by atoms with E-state index in [1.807, 2.05) is 6.92 Å². The lowest BCUT2D eigenvalue weighted by atomic mass is 10.3. The Labute approximate surface area is 131 Å². The molecule has 0 fully saturated rings. The van der Waals surface area contributed by atoms with Crippen molar-refractivity contribution in [3.8, 4) is 5.88 Å². The predicted octanol–water partition coefficient (Wildman–Crippen LogP) is 1.86. The Hall–Kier alpha value is -2.31. The second-order valence-corrected chi connectivity index (χ2v) is 4.83. The number of anilines is 1. The number of nitrogens with zero attached hydrogens (tertiary/aromatic N) is 2. The van der Waals surface area contributed by atoms with E-state index in [4.69, 9.17) is 4.74 Å². The molecule has 0 aliphatic rings. The fourth-order valence-corrected chi connectivity index (χ4v) is 1.64. The average Bonchev–Trinajstić information content (AvgIpc) is 2.51. The first kappa shape index (κ1) is 17.7. The highest BCUT2D eigenvalue weighted by Gasteiger charge is 2.09. The van der Waals surface area contributed by atoms with Gasteiger partial charge in [-0.25, -0.2) is 9.78 Å². The Morgan fingerprint density at radius 2 is 2.09 bits per heavy atom. The van der Waals surface area contributed by atoms with Crippen LogP contribution in [0, 0.1) is 0 Å². The van der Waals surface area contributed by atoms with Crippen LogP contribution in [0.5, 0.6) is 5.88 Å². The third-order valence-corrected chi connectivity index (χ3v) is 2.95. The molecule has 0 unspecified atom stereocenters. The molecule has 1 aromatic heterocycles. The summed E-state index contributed by atoms with van der Waals surface area (Å²) >= 11 is 0. The maximum absolute atomic E-state index is 11.8. The van der Waals surface area contributed by atoms with Crippen molar-refractivity contribution < 1.29 is 14.3 Å². The van der Waals surface area contributed by atoms with Crippen molar-refractivity contribution in [1.82, 2.24) is 15.2 Å². The summed E-state index contributed by atoms with van der Waals surface area (Å²) in [6, 6.07) is 3.00. The van der Waals surface area contributed by atoms with Crippen molar-refractivity contribution in [1.29, 1.82) is 0 Å². The van der Waals surface area contributed by atoms with Gasteiger partial charge in [-0.2, -0.15) is 0 Å². The number of nitrogens with one attached hydrogen (secondary N) is 2. The summed E-state index contributed by atoms with van der Waals surface area (Å²) in [7, 11) is 1.76. The molecule has 0 atom stereocenters. The van der Waals surface area contributed by atoms with Crippen LogP contribution in [0.2, 0.25) is 0 Å². The Bertz CT molecular complexity index is 476. The van der Waals surface area contributed by atoms with Crippen LogP contribution in [0.25, 0.3) is 0 Å². The van der Waals surface area contributed by atoms with Crippen LogP contribution in [0.15, 0.2) is 18.3 Å². The first-order valence-electron chi connectivity index (χ1n) is 7.44. The SMILES string of the molecule is CCCCN(C)C(=O)COc1ccc(NC(=O)NCC)cn1. The summed E-state index contributed by atoms with van der Waals surface area (Å²) in [5.74, 6) is 0.262. The molecule has 1 heterocycles. The number of hydrogen-bond acceptors (Lipinski definition) is 4. The fraction of sp³-hybridized carbons (Fsp3) is 0.533. The summed E-state index contributed by atoms with van der Waals surface area (Å²) in [6.07, 6.45) is 3.50. The summed E-state index contributed by atoms with van der Waals surface area (Å²) in [5, 5.41) is 5.25. The molecule has 122 valence electrons. The largest absolute Gasteiger partial charge is 0.468 e. The second kappa shape index (κ2) is 9.59. The lowest BCUT2D eigenvalue weighted by Gasteiger charge is -2.16. The van der Waals surface area contributed by atoms with Crippen molar-refractivity contribution in [3.63, 3.8) is 0 Å². The van der Waals surface area contributed by atoms with Gasteiger partial charge in [0.2, 0.25) is 5.88 Å². The Morgan fingerprint density at radius 3 is 2.68 bits per heavy atom. The third kappa shape index (κ3) is 6.43. The van der Waals surface area contributed by atoms with E-state index < -0.39 is 0 Å². The van der Waals surface area contributed by atoms with Crippen LogP contribution in [0.1, 0.15) is 26.7 Å². The number of amides is 3. The van der Waals surface area contributed by atoms with Gasteiger partial charge in [-0.1, -0.05) is 13.3 Å². The Balaban J connectivity index is 2.41. The van der Waals surface area contributed by atoms with Gasteiger partial charge in [0.05, 0.1) is 11.9 Å². The molecule has 0 saturated carbocycles. The lowest BCUT2D eigenvalue weighted by molar-refractivity contribution is -0.132. The van der Waals surface area contributed by atoms with E-state index in [1.165, 1.54) is 6.20 Å². The van der Waals surface area contributed by atoms with Gasteiger partial charge in [0, 0.05) is 26.2 Å². The molecule has 1 aromatic rings. The zero-order valence-corrected chi connectivity index (χ0v) is 13.4. The van der Waals surface area contributed by atoms with E-state index in [0.29, 0.717) is 18.1 Å². The number of likely N-dealkylation sites (N-methyl/N-ethyl adjacent to an activating group) is 1. The van der Waals surface area contributed by atoms with Gasteiger partial charge in [0.15, 0.2) is 6.61 Å². The Kier molecular flexibility index (Phi) is 7.74. The fourth-order valence-electron chi connectivity index (χ4n) is 1.64. The molecular weight excluding hydrogens is 284 g/mol. The van der Waals surface area contributed by atoms with Crippen LogP contribution >= 0.6 is 0 Å². The molecule has 0 aliphatic heterocycles. The van der Waals surface area contributed by atoms with Gasteiger partial charge < -0.3 is 20.3 Å². The number of aromatic nitrogens is 1. The van der Waals surface area contributed by atoms with E-state index >= 15 is 0 Å². The second-order valence-electron chi connectivity index (χ2n) is 4.83. The monoisotopic (exact) mass is 308 g/mol. The van der Waals surface area contributed by atoms with Crippen molar-refractivity contribution in [3.05, 3.63) is 18.3 Å². The molecule has 0 bridgehead atoms. The number of carbonyl (C=O) groups is 2. The molecule has 0 aliphatic carbocycles. The molecule has 22 heavy (non-hydrogen) atoms. The van der Waals surface area contributed by atoms with E-state index in [9.17, 15) is 9.59 Å². The topological polar surface area (TPSA) is 83.6 Å². The lowest BCUT2D eigenvalue weighted by Crippen LogP contribution is -2.32. The van der Waals surface area contributed by atoms with Gasteiger partial charge >= 0.3 is 6.03 Å². The van der Waals surface area contributed by atoms with Gasteiger partial charge in [0.1, 0.15) is 0 Å². The highest BCUT2D eigenvalue weighted by molar-refractivity contribution is 5.88. The molecule has 0 saturated heterocycles. The highest BCUT2D eigenvalue weighted by atomic mass is 16.5. The van der Waals surface area contributed by atoms with E-state index in [-0.39, 0.29) is 18.5 Å². The molecule has 3 amide bonds. The normalized spacial score (nSPS) is 9.95. The number of carbonyl (C=O) groups excluding carboxylic acids is 2. The van der Waals surface area contributed by atoms with Crippen LogP contribution in [-0.4, -0.2) is 48.6 Å². The number of urea groups is 1. The third-order valence-electron chi connectivity index (χ3n) is 2.95. The van der Waals surface area contributed by atoms with Gasteiger partial charge in [-0.05, 0) is 19.4 Å². The van der Waals surface area contributed by atoms with Crippen LogP contribution < -0.4 is 15.4 Å². The first-order valence-corrected chi connectivity index (χ1v) is 7.44. The van der Waals surface area contributed by atoms with Gasteiger partial charge in [-0.3, -0.25) is 4.79 Å². The number of rotatable bonds is 8. The molecule has 1 rings (SSSR count). The summed E-state index contributed by atoms with van der Waals surface area (Å²) in [5.41, 5.74) is 0.560. The van der Waals surface area contributed by atoms with Gasteiger partial charge in [0.25, 0.3) is 5.91 Å². The number of hydrogen-bond donors (Lipinski definition) is 2. The van der Waals surface area contributed by atoms with Crippen molar-refractivity contribution in [2.24, 2.45) is 0 Å². The minimum atomic E-state index is -0.286. The minimum absolute atomic E-state index is 0.0453. The summed E-state index contributed by atoms with van der Waals surface area (Å²) in [6.45, 7) is 5.14. The highest BCUT2D eigenvalue weighted by Crippen LogP contribution is 2.11. The zero-order chi connectivity index (χ0) is 16.4. The minimum Gasteiger partial charge on any atom is -0.468 e. The van der Waals surface area contributed by atoms with Crippen LogP contribution in [0.4, 0.5) is 10.5 Å². The smallest absolute Gasteiger partial charge is 0.319 e. The maximum atomic E-state index is 11.8. The van der Waals surface area contributed by atoms with Crippen LogP contribution in [-0.2, 0) is 4.79 Å². The number of ether oxygens (including phenoxy) is 1. The van der Waals surface area contributed by atoms with Crippen LogP contribution in [0.3, 0.4) is 0 Å². The molecule has 0 radical (unpaired) electrons. The Morgan fingerprint density at radius 1 is 1.32 bits per heavy atom. The maximum Gasteiger partial charge on any atom is 0.319 e. The average molecular weight is 308 g/mol. The van der Waals surface area contributed by atoms with E-state index in [2.05, 4.69) is 22.5 Å². The summed E-state index contributed by atoms with van der Waals surface area (Å²) in [4.78, 5) is 28.9.